The van der Waals surface area contributed by atoms with Crippen LogP contribution < -0.4 is 11.1 Å². The summed E-state index contributed by atoms with van der Waals surface area (Å²) >= 11 is 0. The van der Waals surface area contributed by atoms with Crippen molar-refractivity contribution in [1.82, 2.24) is 5.32 Å². The van der Waals surface area contributed by atoms with E-state index in [4.69, 9.17) is 5.11 Å². The summed E-state index contributed by atoms with van der Waals surface area (Å²) in [6.07, 6.45) is -1.36. The van der Waals surface area contributed by atoms with Crippen molar-refractivity contribution in [2.75, 3.05) is 7.11 Å². The molecule has 0 aliphatic carbocycles. The second kappa shape index (κ2) is 3.67. The molecule has 6 heteroatoms. The van der Waals surface area contributed by atoms with Gasteiger partial charge in [-0.1, -0.05) is 0 Å². The molecule has 0 rings (SSSR count). The highest BCUT2D eigenvalue weighted by atomic mass is 16.5. The number of nitrogens with two attached hydrogens (primary N) is 1. The molecular weight excluding hydrogens is 140 g/mol. The Morgan fingerprint density at radius 3 is 2.30 bits per heavy atom. The first-order valence-corrected chi connectivity index (χ1v) is 2.39. The minimum atomic E-state index is -1.36. The van der Waals surface area contributed by atoms with Gasteiger partial charge in [0.05, 0.1) is 0 Å². The molecule has 58 valence electrons. The molecule has 0 aliphatic rings. The quantitative estimate of drug-likeness (QED) is 0.433. The van der Waals surface area contributed by atoms with Crippen molar-refractivity contribution >= 4 is 12.0 Å². The van der Waals surface area contributed by atoms with E-state index in [2.05, 4.69) is 10.5 Å². The summed E-state index contributed by atoms with van der Waals surface area (Å²) in [6.45, 7) is 0. The van der Waals surface area contributed by atoms with E-state index in [1.807, 2.05) is 5.32 Å². The van der Waals surface area contributed by atoms with E-state index in [1.54, 1.807) is 0 Å². The molecule has 0 saturated carbocycles. The Balaban J connectivity index is 3.83. The number of urea groups is 1. The molecule has 4 N–H and O–H groups in total. The van der Waals surface area contributed by atoms with Crippen LogP contribution in [0.1, 0.15) is 0 Å². The minimum absolute atomic E-state index is 0.936. The van der Waals surface area contributed by atoms with Gasteiger partial charge in [-0.2, -0.15) is 0 Å². The number of primary amides is 1. The molecule has 0 bridgehead atoms. The molecule has 1 atom stereocenters. The lowest BCUT2D eigenvalue weighted by Crippen LogP contribution is -2.44. The van der Waals surface area contributed by atoms with Crippen LogP contribution in [0.4, 0.5) is 4.79 Å². The molecule has 0 aromatic rings. The third kappa shape index (κ3) is 2.88. The van der Waals surface area contributed by atoms with Gasteiger partial charge in [-0.15, -0.1) is 0 Å². The fraction of sp³-hybridized carbons (Fsp3) is 0.500. The summed E-state index contributed by atoms with van der Waals surface area (Å²) in [7, 11) is 1.15. The van der Waals surface area contributed by atoms with Gasteiger partial charge in [0.2, 0.25) is 6.23 Å². The molecule has 10 heavy (non-hydrogen) atoms. The number of carboxylic acid groups (broad SMARTS) is 1. The summed E-state index contributed by atoms with van der Waals surface area (Å²) < 4.78 is 4.31. The lowest BCUT2D eigenvalue weighted by atomic mass is 10.6. The number of methoxy groups -OCH3 is 1. The minimum Gasteiger partial charge on any atom is -0.478 e. The average Bonchev–Trinajstić information content (AvgIpc) is 1.81. The fourth-order valence-electron chi connectivity index (χ4n) is 0.351. The number of carboxylic acids is 1. The fourth-order valence-corrected chi connectivity index (χ4v) is 0.351. The molecule has 2 amide bonds. The van der Waals surface area contributed by atoms with Gasteiger partial charge in [-0.25, -0.2) is 9.59 Å². The Kier molecular flexibility index (Phi) is 3.20. The first-order chi connectivity index (χ1) is 4.57. The summed E-state index contributed by atoms with van der Waals surface area (Å²) in [5, 5.41) is 10.1. The monoisotopic (exact) mass is 148 g/mol. The van der Waals surface area contributed by atoms with Crippen LogP contribution in [0.2, 0.25) is 0 Å². The van der Waals surface area contributed by atoms with E-state index in [0.29, 0.717) is 0 Å². The van der Waals surface area contributed by atoms with Gasteiger partial charge in [0, 0.05) is 7.11 Å². The molecule has 0 fully saturated rings. The third-order valence-electron chi connectivity index (χ3n) is 0.733. The SMILES string of the molecule is CO[C@H](NC(N)=O)C(=O)O. The second-order valence-electron chi connectivity index (χ2n) is 1.46. The number of carbonyl (C=O) groups excluding carboxylic acids is 1. The summed E-state index contributed by atoms with van der Waals surface area (Å²) in [5.41, 5.74) is 4.61. The zero-order valence-corrected chi connectivity index (χ0v) is 5.33. The molecule has 6 nitrogen and oxygen atoms in total. The number of carbonyl (C=O) groups is 2. The zero-order chi connectivity index (χ0) is 8.15. The lowest BCUT2D eigenvalue weighted by molar-refractivity contribution is -0.149. The molecule has 0 saturated heterocycles. The van der Waals surface area contributed by atoms with Crippen LogP contribution in [-0.4, -0.2) is 30.4 Å². The van der Waals surface area contributed by atoms with E-state index in [0.717, 1.165) is 7.11 Å². The number of nitrogens with one attached hydrogen (secondary N) is 1. The topological polar surface area (TPSA) is 102 Å². The van der Waals surface area contributed by atoms with Crippen LogP contribution in [0.25, 0.3) is 0 Å². The molecule has 0 spiro atoms. The van der Waals surface area contributed by atoms with Crippen LogP contribution in [-0.2, 0) is 9.53 Å². The van der Waals surface area contributed by atoms with E-state index >= 15 is 0 Å². The first kappa shape index (κ1) is 8.70. The summed E-state index contributed by atoms with van der Waals surface area (Å²) in [4.78, 5) is 20.1. The molecular formula is C4H8N2O4. The van der Waals surface area contributed by atoms with Gasteiger partial charge < -0.3 is 20.9 Å². The van der Waals surface area contributed by atoms with Crippen LogP contribution in [0.5, 0.6) is 0 Å². The first-order valence-electron chi connectivity index (χ1n) is 2.39. The Morgan fingerprint density at radius 2 is 2.20 bits per heavy atom. The maximum Gasteiger partial charge on any atom is 0.354 e. The Labute approximate surface area is 57.0 Å². The van der Waals surface area contributed by atoms with E-state index in [-0.39, 0.29) is 0 Å². The highest BCUT2D eigenvalue weighted by molar-refractivity contribution is 5.80. The normalized spacial score (nSPS) is 12.1. The predicted molar refractivity (Wildman–Crippen MR) is 31.2 cm³/mol. The highest BCUT2D eigenvalue weighted by Gasteiger charge is 2.16. The van der Waals surface area contributed by atoms with Crippen molar-refractivity contribution in [3.05, 3.63) is 0 Å². The van der Waals surface area contributed by atoms with Gasteiger partial charge in [0.25, 0.3) is 0 Å². The van der Waals surface area contributed by atoms with Crippen LogP contribution >= 0.6 is 0 Å². The summed E-state index contributed by atoms with van der Waals surface area (Å²) in [6, 6.07) is -0.936. The van der Waals surface area contributed by atoms with Crippen molar-refractivity contribution in [3.63, 3.8) is 0 Å². The van der Waals surface area contributed by atoms with Crippen molar-refractivity contribution in [3.8, 4) is 0 Å². The lowest BCUT2D eigenvalue weighted by Gasteiger charge is -2.08. The summed E-state index contributed by atoms with van der Waals surface area (Å²) in [5.74, 6) is -1.29. The van der Waals surface area contributed by atoms with Gasteiger partial charge in [0.1, 0.15) is 0 Å². The van der Waals surface area contributed by atoms with Gasteiger partial charge >= 0.3 is 12.0 Å². The Hall–Kier alpha value is -1.30. The van der Waals surface area contributed by atoms with Crippen molar-refractivity contribution in [2.24, 2.45) is 5.73 Å². The van der Waals surface area contributed by atoms with Crippen LogP contribution in [0, 0.1) is 0 Å². The number of rotatable bonds is 3. The Morgan fingerprint density at radius 1 is 1.70 bits per heavy atom. The maximum absolute atomic E-state index is 10.1. The van der Waals surface area contributed by atoms with E-state index in [9.17, 15) is 9.59 Å². The smallest absolute Gasteiger partial charge is 0.354 e. The average molecular weight is 148 g/mol. The van der Waals surface area contributed by atoms with Gasteiger partial charge in [0.15, 0.2) is 0 Å². The maximum atomic E-state index is 10.1. The van der Waals surface area contributed by atoms with Crippen molar-refractivity contribution in [1.29, 1.82) is 0 Å². The van der Waals surface area contributed by atoms with Gasteiger partial charge in [-0.3, -0.25) is 0 Å². The number of amides is 2. The number of ether oxygens (including phenoxy) is 1. The van der Waals surface area contributed by atoms with Gasteiger partial charge in [-0.05, 0) is 0 Å². The number of aliphatic carboxylic acids is 1. The number of hydrogen-bond acceptors (Lipinski definition) is 3. The number of hydrogen-bond donors (Lipinski definition) is 3. The highest BCUT2D eigenvalue weighted by Crippen LogP contribution is 1.82. The van der Waals surface area contributed by atoms with Crippen molar-refractivity contribution < 1.29 is 19.4 Å². The molecule has 0 aromatic carbocycles. The standard InChI is InChI=1S/C4H8N2O4/c1-10-2(3(7)8)6-4(5)9/h2H,1H3,(H,7,8)(H3,5,6,9)/t2-/m0/s1. The third-order valence-corrected chi connectivity index (χ3v) is 0.733. The van der Waals surface area contributed by atoms with E-state index in [1.165, 1.54) is 0 Å². The van der Waals surface area contributed by atoms with Crippen molar-refractivity contribution in [2.45, 2.75) is 6.23 Å². The molecule has 0 heterocycles. The zero-order valence-electron chi connectivity index (χ0n) is 5.33. The van der Waals surface area contributed by atoms with E-state index < -0.39 is 18.2 Å². The molecule has 0 radical (unpaired) electrons. The van der Waals surface area contributed by atoms with Crippen LogP contribution in [0.15, 0.2) is 0 Å². The van der Waals surface area contributed by atoms with Crippen LogP contribution in [0.3, 0.4) is 0 Å². The molecule has 0 aromatic heterocycles. The Bertz CT molecular complexity index is 146. The largest absolute Gasteiger partial charge is 0.478 e. The molecule has 0 aliphatic heterocycles. The predicted octanol–water partition coefficient (Wildman–Crippen LogP) is -1.29. The second-order valence-corrected chi connectivity index (χ2v) is 1.46. The molecule has 0 unspecified atom stereocenters.